The Hall–Kier alpha value is -4.26. The molecule has 220 valence electrons. The second-order valence-corrected chi connectivity index (χ2v) is 11.2. The number of ether oxygens (including phenoxy) is 1. The number of ketones is 2. The van der Waals surface area contributed by atoms with E-state index < -0.39 is 52.4 Å². The standard InChI is InChI=1S/C30H32N4O8/c1-14-11-20(42-32-14)16-3-4-19(35)22-17(16)12-15-13-18-23(27(37)21(15)26(22)36)28(38)24(30(31)40)29(39)25(18)34-7-5-33(6-8-34)9-10-41-2/h3-4,11-12,18,23,25,35-36,39H,5-10,13H2,1-2H3,(H2,31,40)/t18?,23?,25-/m1/s1. The number of carbonyl (C=O) groups excluding carboxylic acids is 3. The molecule has 1 aromatic heterocycles. The van der Waals surface area contributed by atoms with Crippen LogP contribution >= 0.6 is 0 Å². The average molecular weight is 577 g/mol. The fourth-order valence-electron chi connectivity index (χ4n) is 6.81. The zero-order chi connectivity index (χ0) is 29.9. The number of aromatic hydroxyl groups is 2. The number of rotatable bonds is 6. The minimum absolute atomic E-state index is 0.0348. The largest absolute Gasteiger partial charge is 0.510 e. The van der Waals surface area contributed by atoms with E-state index in [1.54, 1.807) is 32.2 Å². The Morgan fingerprint density at radius 3 is 2.50 bits per heavy atom. The van der Waals surface area contributed by atoms with Gasteiger partial charge in [-0.1, -0.05) is 5.16 Å². The van der Waals surface area contributed by atoms with Crippen LogP contribution in [0.5, 0.6) is 11.5 Å². The van der Waals surface area contributed by atoms with E-state index in [0.29, 0.717) is 60.8 Å². The molecule has 1 fully saturated rings. The number of nitrogens with zero attached hydrogens (tertiary/aromatic N) is 3. The first kappa shape index (κ1) is 27.9. The second kappa shape index (κ2) is 10.5. The first-order chi connectivity index (χ1) is 20.1. The van der Waals surface area contributed by atoms with Gasteiger partial charge in [-0.05, 0) is 37.1 Å². The Balaban J connectivity index is 1.47. The topological polar surface area (TPSA) is 180 Å². The lowest BCUT2D eigenvalue weighted by atomic mass is 9.64. The number of aryl methyl sites for hydroxylation is 1. The summed E-state index contributed by atoms with van der Waals surface area (Å²) < 4.78 is 10.6. The van der Waals surface area contributed by atoms with Crippen LogP contribution < -0.4 is 5.73 Å². The molecule has 3 atom stereocenters. The van der Waals surface area contributed by atoms with E-state index >= 15 is 0 Å². The van der Waals surface area contributed by atoms with Crippen LogP contribution in [-0.4, -0.2) is 100 Å². The highest BCUT2D eigenvalue weighted by atomic mass is 16.5. The fraction of sp³-hybridized carbons (Fsp3) is 0.400. The Morgan fingerprint density at radius 2 is 1.86 bits per heavy atom. The number of benzene rings is 2. The van der Waals surface area contributed by atoms with Crippen molar-refractivity contribution in [1.29, 1.82) is 0 Å². The number of piperazine rings is 1. The van der Waals surface area contributed by atoms with Gasteiger partial charge in [0.05, 0.1) is 35.2 Å². The number of aromatic nitrogens is 1. The van der Waals surface area contributed by atoms with Crippen molar-refractivity contribution in [2.45, 2.75) is 19.4 Å². The number of aliphatic hydroxyl groups excluding tert-OH is 1. The molecule has 0 spiro atoms. The smallest absolute Gasteiger partial charge is 0.255 e. The molecule has 3 aromatic rings. The van der Waals surface area contributed by atoms with Gasteiger partial charge in [-0.15, -0.1) is 0 Å². The van der Waals surface area contributed by atoms with E-state index in [4.69, 9.17) is 15.0 Å². The summed E-state index contributed by atoms with van der Waals surface area (Å²) in [7, 11) is 1.64. The van der Waals surface area contributed by atoms with Gasteiger partial charge in [-0.2, -0.15) is 0 Å². The Bertz CT molecular complexity index is 1650. The van der Waals surface area contributed by atoms with Crippen LogP contribution in [-0.2, 0) is 20.7 Å². The number of nitrogens with two attached hydrogens (primary N) is 1. The average Bonchev–Trinajstić information content (AvgIpc) is 3.38. The third-order valence-corrected chi connectivity index (χ3v) is 8.77. The zero-order valence-electron chi connectivity index (χ0n) is 23.3. The molecule has 2 unspecified atom stereocenters. The van der Waals surface area contributed by atoms with Crippen LogP contribution in [0.4, 0.5) is 0 Å². The molecule has 42 heavy (non-hydrogen) atoms. The third-order valence-electron chi connectivity index (χ3n) is 8.77. The van der Waals surface area contributed by atoms with Crippen molar-refractivity contribution in [2.75, 3.05) is 46.4 Å². The van der Waals surface area contributed by atoms with Crippen LogP contribution in [0.1, 0.15) is 21.6 Å². The molecule has 0 bridgehead atoms. The van der Waals surface area contributed by atoms with Crippen molar-refractivity contribution in [2.24, 2.45) is 17.6 Å². The third kappa shape index (κ3) is 4.34. The molecule has 5 N–H and O–H groups in total. The van der Waals surface area contributed by atoms with E-state index in [2.05, 4.69) is 10.1 Å². The summed E-state index contributed by atoms with van der Waals surface area (Å²) in [6.45, 7) is 5.47. The van der Waals surface area contributed by atoms with Gasteiger partial charge in [0.1, 0.15) is 22.8 Å². The van der Waals surface area contributed by atoms with Gasteiger partial charge in [0.15, 0.2) is 17.3 Å². The lowest BCUT2D eigenvalue weighted by Gasteiger charge is -2.47. The summed E-state index contributed by atoms with van der Waals surface area (Å²) in [6, 6.07) is 5.65. The summed E-state index contributed by atoms with van der Waals surface area (Å²) in [6.07, 6.45) is 0.149. The van der Waals surface area contributed by atoms with Crippen molar-refractivity contribution in [3.05, 3.63) is 52.4 Å². The van der Waals surface area contributed by atoms with E-state index in [0.717, 1.165) is 6.54 Å². The predicted molar refractivity (Wildman–Crippen MR) is 150 cm³/mol. The summed E-state index contributed by atoms with van der Waals surface area (Å²) in [4.78, 5) is 44.3. The SMILES string of the molecule is COCCN1CCN([C@H]2C(O)=C(C(N)=O)C(=O)C3C(=O)c4c(cc5c(-c6cc(C)no6)ccc(O)c5c4O)CC32)CC1. The molecule has 6 rings (SSSR count). The summed E-state index contributed by atoms with van der Waals surface area (Å²) >= 11 is 0. The molecule has 2 heterocycles. The maximum atomic E-state index is 14.1. The Kier molecular flexibility index (Phi) is 7.00. The molecule has 1 aliphatic heterocycles. The number of hydrogen-bond acceptors (Lipinski definition) is 11. The van der Waals surface area contributed by atoms with Crippen LogP contribution in [0.3, 0.4) is 0 Å². The molecular formula is C30H32N4O8. The van der Waals surface area contributed by atoms with E-state index in [1.165, 1.54) is 6.07 Å². The molecule has 2 aromatic carbocycles. The number of hydrogen-bond donors (Lipinski definition) is 4. The van der Waals surface area contributed by atoms with Crippen molar-refractivity contribution in [1.82, 2.24) is 15.0 Å². The summed E-state index contributed by atoms with van der Waals surface area (Å²) in [5.74, 6) is -5.41. The number of fused-ring (bicyclic) bond motifs is 3. The number of aliphatic hydroxyl groups is 1. The summed E-state index contributed by atoms with van der Waals surface area (Å²) in [5.41, 5.74) is 6.54. The Morgan fingerprint density at radius 1 is 1.12 bits per heavy atom. The maximum Gasteiger partial charge on any atom is 0.255 e. The molecule has 2 aliphatic carbocycles. The quantitative estimate of drug-likeness (QED) is 0.248. The minimum Gasteiger partial charge on any atom is -0.510 e. The minimum atomic E-state index is -1.34. The van der Waals surface area contributed by atoms with Gasteiger partial charge in [-0.3, -0.25) is 24.2 Å². The first-order valence-corrected chi connectivity index (χ1v) is 13.8. The van der Waals surface area contributed by atoms with Gasteiger partial charge in [0, 0.05) is 62.8 Å². The van der Waals surface area contributed by atoms with Crippen molar-refractivity contribution in [3.63, 3.8) is 0 Å². The number of phenolic OH excluding ortho intramolecular Hbond substituents is 2. The van der Waals surface area contributed by atoms with Gasteiger partial charge in [0.2, 0.25) is 0 Å². The highest BCUT2D eigenvalue weighted by Gasteiger charge is 2.54. The Labute approximate surface area is 240 Å². The molecule has 3 aliphatic rings. The van der Waals surface area contributed by atoms with Gasteiger partial charge < -0.3 is 30.3 Å². The first-order valence-electron chi connectivity index (χ1n) is 13.8. The summed E-state index contributed by atoms with van der Waals surface area (Å²) in [5, 5.41) is 37.9. The van der Waals surface area contributed by atoms with Crippen LogP contribution in [0.15, 0.2) is 40.1 Å². The maximum absolute atomic E-state index is 14.1. The molecule has 0 saturated carbocycles. The van der Waals surface area contributed by atoms with Gasteiger partial charge in [-0.25, -0.2) is 0 Å². The van der Waals surface area contributed by atoms with Crippen LogP contribution in [0, 0.1) is 18.8 Å². The number of methoxy groups -OCH3 is 1. The zero-order valence-corrected chi connectivity index (χ0v) is 23.3. The van der Waals surface area contributed by atoms with Crippen LogP contribution in [0.2, 0.25) is 0 Å². The number of phenols is 2. The molecule has 0 radical (unpaired) electrons. The van der Waals surface area contributed by atoms with Crippen molar-refractivity contribution in [3.8, 4) is 22.8 Å². The second-order valence-electron chi connectivity index (χ2n) is 11.2. The van der Waals surface area contributed by atoms with Crippen LogP contribution in [0.25, 0.3) is 22.1 Å². The van der Waals surface area contributed by atoms with E-state index in [-0.39, 0.29) is 23.1 Å². The van der Waals surface area contributed by atoms with Gasteiger partial charge >= 0.3 is 0 Å². The monoisotopic (exact) mass is 576 g/mol. The number of primary amides is 1. The molecule has 12 nitrogen and oxygen atoms in total. The number of amides is 1. The predicted octanol–water partition coefficient (Wildman–Crippen LogP) is 1.70. The number of Topliss-reactive ketones (excluding diaryl/α,β-unsaturated/α-hetero) is 2. The lowest BCUT2D eigenvalue weighted by molar-refractivity contribution is -0.126. The van der Waals surface area contributed by atoms with Gasteiger partial charge in [0.25, 0.3) is 5.91 Å². The van der Waals surface area contributed by atoms with Crippen molar-refractivity contribution >= 4 is 28.2 Å². The molecule has 1 amide bonds. The van der Waals surface area contributed by atoms with E-state index in [9.17, 15) is 29.7 Å². The fourth-order valence-corrected chi connectivity index (χ4v) is 6.81. The molecule has 12 heteroatoms. The molecular weight excluding hydrogens is 544 g/mol. The van der Waals surface area contributed by atoms with Crippen molar-refractivity contribution < 1.29 is 39.0 Å². The normalized spacial score (nSPS) is 23.3. The highest BCUT2D eigenvalue weighted by molar-refractivity contribution is 6.29. The number of carbonyl (C=O) groups is 3. The van der Waals surface area contributed by atoms with E-state index in [1.807, 2.05) is 4.90 Å². The lowest BCUT2D eigenvalue weighted by Crippen LogP contribution is -2.59. The molecule has 1 saturated heterocycles. The highest BCUT2D eigenvalue weighted by Crippen LogP contribution is 2.49.